The average Bonchev–Trinajstić information content (AvgIpc) is 2.73. The topological polar surface area (TPSA) is 40.6 Å². The number of nitrogens with zero attached hydrogens (tertiary/aromatic N) is 2. The van der Waals surface area contributed by atoms with Crippen molar-refractivity contribution in [1.29, 1.82) is 0 Å². The predicted octanol–water partition coefficient (Wildman–Crippen LogP) is 2.61. The maximum Gasteiger partial charge on any atom is 0.254 e. The van der Waals surface area contributed by atoms with Gasteiger partial charge >= 0.3 is 0 Å². The van der Waals surface area contributed by atoms with Crippen molar-refractivity contribution >= 4 is 11.8 Å². The Morgan fingerprint density at radius 1 is 1.04 bits per heavy atom. The van der Waals surface area contributed by atoms with Gasteiger partial charge in [-0.05, 0) is 43.9 Å². The third-order valence-corrected chi connectivity index (χ3v) is 5.05. The van der Waals surface area contributed by atoms with E-state index in [-0.39, 0.29) is 23.5 Å². The summed E-state index contributed by atoms with van der Waals surface area (Å²) in [5.41, 5.74) is 0.813. The van der Waals surface area contributed by atoms with Crippen LogP contribution in [-0.2, 0) is 4.79 Å². The summed E-state index contributed by atoms with van der Waals surface area (Å²) in [6, 6.07) is 4.61. The van der Waals surface area contributed by atoms with Crippen molar-refractivity contribution in [2.75, 3.05) is 26.2 Å². The molecule has 0 aromatic heterocycles. The lowest BCUT2D eigenvalue weighted by Crippen LogP contribution is -2.41. The summed E-state index contributed by atoms with van der Waals surface area (Å²) >= 11 is 0. The molecule has 1 saturated carbocycles. The van der Waals surface area contributed by atoms with Gasteiger partial charge in [0.1, 0.15) is 5.82 Å². The first-order valence-electron chi connectivity index (χ1n) is 8.41. The van der Waals surface area contributed by atoms with Gasteiger partial charge in [-0.25, -0.2) is 4.39 Å². The molecule has 0 N–H and O–H groups in total. The minimum absolute atomic E-state index is 0.139. The van der Waals surface area contributed by atoms with Crippen LogP contribution in [0.2, 0.25) is 0 Å². The summed E-state index contributed by atoms with van der Waals surface area (Å²) in [4.78, 5) is 28.7. The molecule has 2 aliphatic rings. The number of carbonyl (C=O) groups is 2. The van der Waals surface area contributed by atoms with Crippen molar-refractivity contribution in [2.45, 2.75) is 32.6 Å². The Hall–Kier alpha value is -1.91. The Bertz CT molecular complexity index is 613. The SMILES string of the molecule is Cc1c(F)cccc1C(=O)N1CCCN(C(=O)C2CCC2)CC1. The van der Waals surface area contributed by atoms with Gasteiger partial charge in [0.15, 0.2) is 0 Å². The van der Waals surface area contributed by atoms with Gasteiger partial charge in [-0.3, -0.25) is 9.59 Å². The Balaban J connectivity index is 1.66. The zero-order valence-electron chi connectivity index (χ0n) is 13.6. The second-order valence-electron chi connectivity index (χ2n) is 6.51. The average molecular weight is 318 g/mol. The number of hydrogen-bond acceptors (Lipinski definition) is 2. The van der Waals surface area contributed by atoms with E-state index in [0.29, 0.717) is 37.3 Å². The Kier molecular flexibility index (Phi) is 4.64. The molecular weight excluding hydrogens is 295 g/mol. The summed E-state index contributed by atoms with van der Waals surface area (Å²) in [6.45, 7) is 4.06. The predicted molar refractivity (Wildman–Crippen MR) is 85.6 cm³/mol. The lowest BCUT2D eigenvalue weighted by molar-refractivity contribution is -0.138. The molecule has 1 aromatic carbocycles. The zero-order valence-corrected chi connectivity index (χ0v) is 13.6. The highest BCUT2D eigenvalue weighted by molar-refractivity contribution is 5.95. The molecule has 0 spiro atoms. The van der Waals surface area contributed by atoms with Gasteiger partial charge in [0.25, 0.3) is 5.91 Å². The first-order valence-corrected chi connectivity index (χ1v) is 8.41. The van der Waals surface area contributed by atoms with E-state index in [1.54, 1.807) is 24.0 Å². The molecule has 0 unspecified atom stereocenters. The number of amides is 2. The maximum atomic E-state index is 13.7. The van der Waals surface area contributed by atoms with Crippen molar-refractivity contribution < 1.29 is 14.0 Å². The standard InChI is InChI=1S/C18H23FN2O2/c1-13-15(7-3-8-16(13)19)18(23)21-10-4-9-20(11-12-21)17(22)14-5-2-6-14/h3,7-8,14H,2,4-6,9-12H2,1H3. The van der Waals surface area contributed by atoms with Crippen LogP contribution >= 0.6 is 0 Å². The summed E-state index contributed by atoms with van der Waals surface area (Å²) in [7, 11) is 0. The fourth-order valence-electron chi connectivity index (χ4n) is 3.26. The highest BCUT2D eigenvalue weighted by atomic mass is 19.1. The quantitative estimate of drug-likeness (QED) is 0.841. The molecule has 4 nitrogen and oxygen atoms in total. The van der Waals surface area contributed by atoms with E-state index in [9.17, 15) is 14.0 Å². The second kappa shape index (κ2) is 6.69. The molecule has 23 heavy (non-hydrogen) atoms. The van der Waals surface area contributed by atoms with Crippen LogP contribution in [0, 0.1) is 18.7 Å². The molecular formula is C18H23FN2O2. The van der Waals surface area contributed by atoms with Gasteiger partial charge in [-0.2, -0.15) is 0 Å². The largest absolute Gasteiger partial charge is 0.341 e. The van der Waals surface area contributed by atoms with Crippen molar-refractivity contribution in [3.05, 3.63) is 35.1 Å². The molecule has 0 bridgehead atoms. The molecule has 1 aromatic rings. The Labute approximate surface area is 136 Å². The number of carbonyl (C=O) groups excluding carboxylic acids is 2. The van der Waals surface area contributed by atoms with E-state index in [1.807, 2.05) is 4.90 Å². The summed E-state index contributed by atoms with van der Waals surface area (Å²) in [5, 5.41) is 0. The Morgan fingerprint density at radius 2 is 1.74 bits per heavy atom. The first kappa shape index (κ1) is 16.0. The molecule has 1 heterocycles. The highest BCUT2D eigenvalue weighted by Gasteiger charge is 2.31. The highest BCUT2D eigenvalue weighted by Crippen LogP contribution is 2.28. The van der Waals surface area contributed by atoms with Gasteiger partial charge in [-0.1, -0.05) is 12.5 Å². The van der Waals surface area contributed by atoms with Crippen LogP contribution in [0.4, 0.5) is 4.39 Å². The normalized spacial score (nSPS) is 19.2. The van der Waals surface area contributed by atoms with E-state index < -0.39 is 0 Å². The molecule has 3 rings (SSSR count). The van der Waals surface area contributed by atoms with Crippen LogP contribution < -0.4 is 0 Å². The van der Waals surface area contributed by atoms with Crippen molar-refractivity contribution in [3.8, 4) is 0 Å². The molecule has 2 fully saturated rings. The van der Waals surface area contributed by atoms with Gasteiger partial charge in [0.05, 0.1) is 0 Å². The number of hydrogen-bond donors (Lipinski definition) is 0. The first-order chi connectivity index (χ1) is 11.1. The van der Waals surface area contributed by atoms with Crippen LogP contribution in [0.5, 0.6) is 0 Å². The Morgan fingerprint density at radius 3 is 2.43 bits per heavy atom. The van der Waals surface area contributed by atoms with E-state index in [0.717, 1.165) is 25.7 Å². The molecule has 1 aliphatic heterocycles. The van der Waals surface area contributed by atoms with Crippen LogP contribution in [0.1, 0.15) is 41.6 Å². The molecule has 0 atom stereocenters. The lowest BCUT2D eigenvalue weighted by atomic mass is 9.84. The fraction of sp³-hybridized carbons (Fsp3) is 0.556. The van der Waals surface area contributed by atoms with Gasteiger partial charge in [0.2, 0.25) is 5.91 Å². The van der Waals surface area contributed by atoms with E-state index in [4.69, 9.17) is 0 Å². The van der Waals surface area contributed by atoms with Gasteiger partial charge < -0.3 is 9.80 Å². The fourth-order valence-corrected chi connectivity index (χ4v) is 3.26. The maximum absolute atomic E-state index is 13.7. The third-order valence-electron chi connectivity index (χ3n) is 5.05. The monoisotopic (exact) mass is 318 g/mol. The number of benzene rings is 1. The molecule has 124 valence electrons. The lowest BCUT2D eigenvalue weighted by Gasteiger charge is -2.31. The minimum atomic E-state index is -0.354. The summed E-state index contributed by atoms with van der Waals surface area (Å²) in [5.74, 6) is -0.0531. The van der Waals surface area contributed by atoms with Gasteiger partial charge in [0, 0.05) is 37.7 Å². The summed E-state index contributed by atoms with van der Waals surface area (Å²) < 4.78 is 13.7. The van der Waals surface area contributed by atoms with Crippen molar-refractivity contribution in [1.82, 2.24) is 9.80 Å². The van der Waals surface area contributed by atoms with Gasteiger partial charge in [-0.15, -0.1) is 0 Å². The molecule has 1 aliphatic carbocycles. The smallest absolute Gasteiger partial charge is 0.254 e. The number of halogens is 1. The zero-order chi connectivity index (χ0) is 16.4. The van der Waals surface area contributed by atoms with Crippen LogP contribution in [0.25, 0.3) is 0 Å². The number of rotatable bonds is 2. The molecule has 2 amide bonds. The van der Waals surface area contributed by atoms with Crippen LogP contribution in [-0.4, -0.2) is 47.8 Å². The molecule has 1 saturated heterocycles. The van der Waals surface area contributed by atoms with Crippen LogP contribution in [0.3, 0.4) is 0 Å². The van der Waals surface area contributed by atoms with E-state index >= 15 is 0 Å². The van der Waals surface area contributed by atoms with E-state index in [1.165, 1.54) is 6.07 Å². The van der Waals surface area contributed by atoms with Crippen molar-refractivity contribution in [2.24, 2.45) is 5.92 Å². The molecule has 0 radical (unpaired) electrons. The molecule has 5 heteroatoms. The van der Waals surface area contributed by atoms with Crippen LogP contribution in [0.15, 0.2) is 18.2 Å². The minimum Gasteiger partial charge on any atom is -0.341 e. The second-order valence-corrected chi connectivity index (χ2v) is 6.51. The third kappa shape index (κ3) is 3.23. The van der Waals surface area contributed by atoms with Crippen molar-refractivity contribution in [3.63, 3.8) is 0 Å². The summed E-state index contributed by atoms with van der Waals surface area (Å²) in [6.07, 6.45) is 3.92. The van der Waals surface area contributed by atoms with E-state index in [2.05, 4.69) is 0 Å².